The van der Waals surface area contributed by atoms with E-state index in [-0.39, 0.29) is 5.82 Å². The Bertz CT molecular complexity index is 544. The van der Waals surface area contributed by atoms with E-state index < -0.39 is 6.10 Å². The average molecular weight is 233 g/mol. The van der Waals surface area contributed by atoms with Crippen molar-refractivity contribution in [2.24, 2.45) is 0 Å². The van der Waals surface area contributed by atoms with Crippen LogP contribution in [0.3, 0.4) is 0 Å². The van der Waals surface area contributed by atoms with Crippen molar-refractivity contribution < 1.29 is 9.50 Å². The predicted octanol–water partition coefficient (Wildman–Crippen LogP) is 3.62. The van der Waals surface area contributed by atoms with Crippen LogP contribution >= 0.6 is 0 Å². The monoisotopic (exact) mass is 233 g/mol. The van der Waals surface area contributed by atoms with Crippen molar-refractivity contribution in [1.82, 2.24) is 4.98 Å². The smallest absolute Gasteiger partial charge is 0.128 e. The number of aryl methyl sites for hydroxylation is 1. The first-order valence-corrected chi connectivity index (χ1v) is 5.70. The van der Waals surface area contributed by atoms with E-state index in [4.69, 9.17) is 0 Å². The zero-order valence-electron chi connectivity index (χ0n) is 9.83. The van der Waals surface area contributed by atoms with E-state index in [0.29, 0.717) is 12.0 Å². The number of aromatic amines is 1. The minimum Gasteiger partial charge on any atom is -0.388 e. The van der Waals surface area contributed by atoms with Gasteiger partial charge < -0.3 is 10.1 Å². The molecule has 2 N–H and O–H groups in total. The fraction of sp³-hybridized carbons (Fsp3) is 0.286. The van der Waals surface area contributed by atoms with Gasteiger partial charge in [0.15, 0.2) is 0 Å². The van der Waals surface area contributed by atoms with Crippen LogP contribution in [0.25, 0.3) is 10.9 Å². The minimum atomic E-state index is -0.536. The van der Waals surface area contributed by atoms with Gasteiger partial charge >= 0.3 is 0 Å². The lowest BCUT2D eigenvalue weighted by atomic mass is 10.0. The van der Waals surface area contributed by atoms with Gasteiger partial charge in [-0.15, -0.1) is 6.58 Å². The molecule has 17 heavy (non-hydrogen) atoms. The van der Waals surface area contributed by atoms with Crippen molar-refractivity contribution in [3.63, 3.8) is 0 Å². The Morgan fingerprint density at radius 1 is 1.53 bits per heavy atom. The normalized spacial score (nSPS) is 12.9. The van der Waals surface area contributed by atoms with Gasteiger partial charge in [-0.1, -0.05) is 6.08 Å². The van der Waals surface area contributed by atoms with Crippen LogP contribution in [0.4, 0.5) is 4.39 Å². The number of allylic oxidation sites excluding steroid dienone is 1. The van der Waals surface area contributed by atoms with Crippen molar-refractivity contribution in [3.8, 4) is 0 Å². The second kappa shape index (κ2) is 4.72. The van der Waals surface area contributed by atoms with Gasteiger partial charge in [0.25, 0.3) is 0 Å². The van der Waals surface area contributed by atoms with E-state index in [0.717, 1.165) is 22.9 Å². The van der Waals surface area contributed by atoms with Gasteiger partial charge in [0.2, 0.25) is 0 Å². The van der Waals surface area contributed by atoms with Gasteiger partial charge in [-0.05, 0) is 31.9 Å². The minimum absolute atomic E-state index is 0.230. The first-order valence-electron chi connectivity index (χ1n) is 5.70. The third-order valence-electron chi connectivity index (χ3n) is 3.09. The summed E-state index contributed by atoms with van der Waals surface area (Å²) in [5.74, 6) is -0.230. The molecule has 0 aliphatic rings. The number of hydrogen-bond acceptors (Lipinski definition) is 1. The predicted molar refractivity (Wildman–Crippen MR) is 67.4 cm³/mol. The summed E-state index contributed by atoms with van der Waals surface area (Å²) in [4.78, 5) is 3.03. The summed E-state index contributed by atoms with van der Waals surface area (Å²) < 4.78 is 13.4. The molecular weight excluding hydrogens is 217 g/mol. The van der Waals surface area contributed by atoms with Crippen LogP contribution in [0.1, 0.15) is 30.1 Å². The number of benzene rings is 1. The van der Waals surface area contributed by atoms with Gasteiger partial charge in [-0.25, -0.2) is 4.39 Å². The molecule has 1 heterocycles. The SMILES string of the molecule is C=CCCC(O)c1c[nH]c2c(C)c(F)ccc12. The number of hydrogen-bond donors (Lipinski definition) is 2. The number of nitrogens with one attached hydrogen (secondary N) is 1. The first kappa shape index (κ1) is 11.9. The Hall–Kier alpha value is -1.61. The van der Waals surface area contributed by atoms with Crippen molar-refractivity contribution >= 4 is 10.9 Å². The Morgan fingerprint density at radius 2 is 2.29 bits per heavy atom. The third-order valence-corrected chi connectivity index (χ3v) is 3.09. The molecule has 1 aromatic heterocycles. The molecule has 0 saturated carbocycles. The molecule has 0 fully saturated rings. The second-order valence-corrected chi connectivity index (χ2v) is 4.22. The van der Waals surface area contributed by atoms with Gasteiger partial charge in [0.05, 0.1) is 11.6 Å². The zero-order chi connectivity index (χ0) is 12.4. The van der Waals surface area contributed by atoms with Gasteiger partial charge in [-0.2, -0.15) is 0 Å². The Morgan fingerprint density at radius 3 is 3.00 bits per heavy atom. The van der Waals surface area contributed by atoms with Crippen molar-refractivity contribution in [2.45, 2.75) is 25.9 Å². The molecule has 0 saturated heterocycles. The molecule has 0 bridgehead atoms. The number of H-pyrrole nitrogens is 1. The fourth-order valence-electron chi connectivity index (χ4n) is 2.05. The van der Waals surface area contributed by atoms with E-state index in [2.05, 4.69) is 11.6 Å². The Balaban J connectivity index is 2.43. The molecule has 0 aliphatic heterocycles. The maximum absolute atomic E-state index is 13.4. The topological polar surface area (TPSA) is 36.0 Å². The van der Waals surface area contributed by atoms with E-state index in [1.807, 2.05) is 0 Å². The number of rotatable bonds is 4. The Kier molecular flexibility index (Phi) is 3.29. The molecule has 0 radical (unpaired) electrons. The van der Waals surface area contributed by atoms with Gasteiger partial charge in [0, 0.05) is 22.7 Å². The number of fused-ring (bicyclic) bond motifs is 1. The van der Waals surface area contributed by atoms with Crippen LogP contribution in [0, 0.1) is 12.7 Å². The highest BCUT2D eigenvalue weighted by Gasteiger charge is 2.14. The number of aromatic nitrogens is 1. The molecule has 2 rings (SSSR count). The summed E-state index contributed by atoms with van der Waals surface area (Å²) in [7, 11) is 0. The lowest BCUT2D eigenvalue weighted by Gasteiger charge is -2.08. The van der Waals surface area contributed by atoms with Gasteiger partial charge in [-0.3, -0.25) is 0 Å². The lowest BCUT2D eigenvalue weighted by Crippen LogP contribution is -1.95. The standard InChI is InChI=1S/C14H16FNO/c1-3-4-5-13(17)11-8-16-14-9(2)12(15)7-6-10(11)14/h3,6-8,13,16-17H,1,4-5H2,2H3. The van der Waals surface area contributed by atoms with Crippen LogP contribution in [-0.2, 0) is 0 Å². The highest BCUT2D eigenvalue weighted by atomic mass is 19.1. The maximum Gasteiger partial charge on any atom is 0.128 e. The van der Waals surface area contributed by atoms with Crippen molar-refractivity contribution in [2.75, 3.05) is 0 Å². The van der Waals surface area contributed by atoms with E-state index in [1.54, 1.807) is 25.3 Å². The van der Waals surface area contributed by atoms with Crippen molar-refractivity contribution in [1.29, 1.82) is 0 Å². The summed E-state index contributed by atoms with van der Waals surface area (Å²) >= 11 is 0. The van der Waals surface area contributed by atoms with E-state index in [9.17, 15) is 9.50 Å². The lowest BCUT2D eigenvalue weighted by molar-refractivity contribution is 0.170. The molecule has 0 spiro atoms. The summed E-state index contributed by atoms with van der Waals surface area (Å²) in [6.45, 7) is 5.36. The molecule has 0 aliphatic carbocycles. The molecule has 2 nitrogen and oxygen atoms in total. The first-order chi connectivity index (χ1) is 8.15. The zero-order valence-corrected chi connectivity index (χ0v) is 9.83. The molecule has 2 aromatic rings. The molecule has 3 heteroatoms. The molecule has 90 valence electrons. The second-order valence-electron chi connectivity index (χ2n) is 4.22. The van der Waals surface area contributed by atoms with E-state index >= 15 is 0 Å². The third kappa shape index (κ3) is 2.11. The molecule has 0 amide bonds. The summed E-state index contributed by atoms with van der Waals surface area (Å²) in [5, 5.41) is 10.9. The summed E-state index contributed by atoms with van der Waals surface area (Å²) in [6, 6.07) is 3.15. The van der Waals surface area contributed by atoms with Crippen LogP contribution < -0.4 is 0 Å². The maximum atomic E-state index is 13.4. The van der Waals surface area contributed by atoms with Crippen LogP contribution in [0.2, 0.25) is 0 Å². The molecular formula is C14H16FNO. The fourth-order valence-corrected chi connectivity index (χ4v) is 2.05. The largest absolute Gasteiger partial charge is 0.388 e. The number of aliphatic hydroxyl groups excluding tert-OH is 1. The highest BCUT2D eigenvalue weighted by Crippen LogP contribution is 2.29. The highest BCUT2D eigenvalue weighted by molar-refractivity contribution is 5.86. The average Bonchev–Trinajstić information content (AvgIpc) is 2.75. The molecule has 1 atom stereocenters. The summed E-state index contributed by atoms with van der Waals surface area (Å²) in [5.41, 5.74) is 2.17. The number of aliphatic hydroxyl groups is 1. The molecule has 1 unspecified atom stereocenters. The summed E-state index contributed by atoms with van der Waals surface area (Å²) in [6.07, 6.45) is 4.39. The molecule has 1 aromatic carbocycles. The van der Waals surface area contributed by atoms with Crippen LogP contribution in [0.5, 0.6) is 0 Å². The van der Waals surface area contributed by atoms with E-state index in [1.165, 1.54) is 6.07 Å². The quantitative estimate of drug-likeness (QED) is 0.777. The number of halogens is 1. The van der Waals surface area contributed by atoms with Gasteiger partial charge in [0.1, 0.15) is 5.82 Å². The Labute approximate surface area is 99.8 Å². The van der Waals surface area contributed by atoms with Crippen molar-refractivity contribution in [3.05, 3.63) is 47.9 Å². The van der Waals surface area contributed by atoms with Crippen LogP contribution in [0.15, 0.2) is 31.0 Å². The van der Waals surface area contributed by atoms with Crippen LogP contribution in [-0.4, -0.2) is 10.1 Å².